The summed E-state index contributed by atoms with van der Waals surface area (Å²) in [7, 11) is -1.24. The summed E-state index contributed by atoms with van der Waals surface area (Å²) in [5.41, 5.74) is 3.62. The Morgan fingerprint density at radius 1 is 1.33 bits per heavy atom. The van der Waals surface area contributed by atoms with Gasteiger partial charge in [-0.1, -0.05) is 12.1 Å². The molecule has 4 heteroatoms. The highest BCUT2D eigenvalue weighted by Gasteiger charge is 2.24. The first-order valence-electron chi connectivity index (χ1n) is 5.95. The molecule has 0 radical (unpaired) electrons. The van der Waals surface area contributed by atoms with Crippen molar-refractivity contribution in [3.05, 3.63) is 34.9 Å². The molecule has 1 aromatic rings. The van der Waals surface area contributed by atoms with Crippen LogP contribution < -0.4 is 0 Å². The number of benzene rings is 1. The largest absolute Gasteiger partial charge is 0.234 e. The van der Waals surface area contributed by atoms with Crippen LogP contribution in [-0.2, 0) is 17.4 Å². The van der Waals surface area contributed by atoms with Crippen molar-refractivity contribution in [2.24, 2.45) is 4.40 Å². The Morgan fingerprint density at radius 2 is 2.06 bits per heavy atom. The monoisotopic (exact) mass is 260 g/mol. The van der Waals surface area contributed by atoms with Gasteiger partial charge < -0.3 is 0 Å². The van der Waals surface area contributed by atoms with Crippen LogP contribution in [-0.4, -0.2) is 14.7 Å². The summed E-state index contributed by atoms with van der Waals surface area (Å²) in [6, 6.07) is 7.84. The van der Waals surface area contributed by atoms with Crippen molar-refractivity contribution in [2.45, 2.75) is 38.4 Å². The van der Waals surface area contributed by atoms with Crippen LogP contribution in [0.15, 0.2) is 22.6 Å². The Bertz CT molecular complexity index is 576. The van der Waals surface area contributed by atoms with Gasteiger partial charge in [0.1, 0.15) is 11.0 Å². The van der Waals surface area contributed by atoms with Crippen molar-refractivity contribution in [3.63, 3.8) is 0 Å². The molecule has 94 valence electrons. The average molecular weight is 260 g/mol. The van der Waals surface area contributed by atoms with Crippen LogP contribution in [0.2, 0.25) is 0 Å². The lowest BCUT2D eigenvalue weighted by molar-refractivity contribution is 0.650. The summed E-state index contributed by atoms with van der Waals surface area (Å²) in [6.45, 7) is 5.73. The Kier molecular flexibility index (Phi) is 3.36. The van der Waals surface area contributed by atoms with Crippen LogP contribution in [0, 0.1) is 11.3 Å². The minimum absolute atomic E-state index is 0.345. The third-order valence-corrected chi connectivity index (χ3v) is 4.37. The van der Waals surface area contributed by atoms with Crippen molar-refractivity contribution < 1.29 is 4.21 Å². The first-order valence-corrected chi connectivity index (χ1v) is 7.06. The third kappa shape index (κ3) is 2.37. The molecule has 1 aromatic carbocycles. The van der Waals surface area contributed by atoms with Gasteiger partial charge in [-0.2, -0.15) is 9.66 Å². The number of fused-ring (bicyclic) bond motifs is 1. The molecule has 1 atom stereocenters. The second kappa shape index (κ2) is 4.66. The van der Waals surface area contributed by atoms with E-state index in [-0.39, 0.29) is 4.75 Å². The zero-order valence-electron chi connectivity index (χ0n) is 10.9. The predicted molar refractivity (Wildman–Crippen MR) is 73.9 cm³/mol. The highest BCUT2D eigenvalue weighted by atomic mass is 32.2. The average Bonchev–Trinajstić information content (AvgIpc) is 2.71. The van der Waals surface area contributed by atoms with Gasteiger partial charge in [-0.15, -0.1) is 0 Å². The molecule has 1 aliphatic carbocycles. The van der Waals surface area contributed by atoms with E-state index in [1.165, 1.54) is 0 Å². The fraction of sp³-hybridized carbons (Fsp3) is 0.429. The fourth-order valence-electron chi connectivity index (χ4n) is 1.94. The van der Waals surface area contributed by atoms with E-state index in [4.69, 9.17) is 5.26 Å². The summed E-state index contributed by atoms with van der Waals surface area (Å²) in [4.78, 5) is 0. The molecule has 0 amide bonds. The lowest BCUT2D eigenvalue weighted by Crippen LogP contribution is -2.20. The standard InChI is InChI=1S/C14H16N2OS/c1-14(2,3)18(17)16-13-8-7-11-10(9-15)5-4-6-12(11)13/h4-6H,7-8H2,1-3H3/b16-13+. The Labute approximate surface area is 110 Å². The van der Waals surface area contributed by atoms with Gasteiger partial charge in [0.15, 0.2) is 0 Å². The summed E-state index contributed by atoms with van der Waals surface area (Å²) < 4.78 is 16.0. The molecule has 0 saturated heterocycles. The van der Waals surface area contributed by atoms with Crippen molar-refractivity contribution in [1.82, 2.24) is 0 Å². The van der Waals surface area contributed by atoms with Crippen LogP contribution >= 0.6 is 0 Å². The van der Waals surface area contributed by atoms with Crippen LogP contribution in [0.3, 0.4) is 0 Å². The van der Waals surface area contributed by atoms with Gasteiger partial charge in [-0.3, -0.25) is 0 Å². The van der Waals surface area contributed by atoms with Gasteiger partial charge in [0.05, 0.1) is 22.1 Å². The molecular formula is C14H16N2OS. The molecule has 2 rings (SSSR count). The number of rotatable bonds is 1. The van der Waals surface area contributed by atoms with Gasteiger partial charge in [-0.25, -0.2) is 4.21 Å². The lowest BCUT2D eigenvalue weighted by atomic mass is 10.0. The molecule has 0 aliphatic heterocycles. The van der Waals surface area contributed by atoms with Crippen molar-refractivity contribution in [1.29, 1.82) is 5.26 Å². The summed E-state index contributed by atoms with van der Waals surface area (Å²) in [5, 5.41) is 9.05. The van der Waals surface area contributed by atoms with E-state index in [0.717, 1.165) is 29.7 Å². The van der Waals surface area contributed by atoms with Crippen LogP contribution in [0.1, 0.15) is 43.9 Å². The maximum atomic E-state index is 12.0. The second-order valence-electron chi connectivity index (χ2n) is 5.34. The number of nitrogens with zero attached hydrogens (tertiary/aromatic N) is 2. The van der Waals surface area contributed by atoms with Crippen molar-refractivity contribution in [2.75, 3.05) is 0 Å². The van der Waals surface area contributed by atoms with E-state index in [9.17, 15) is 4.21 Å². The molecule has 0 fully saturated rings. The van der Waals surface area contributed by atoms with E-state index in [0.29, 0.717) is 5.56 Å². The summed E-state index contributed by atoms with van der Waals surface area (Å²) in [5.74, 6) is 0. The first kappa shape index (κ1) is 13.0. The van der Waals surface area contributed by atoms with Crippen LogP contribution in [0.25, 0.3) is 0 Å². The zero-order valence-corrected chi connectivity index (χ0v) is 11.7. The molecule has 0 saturated carbocycles. The van der Waals surface area contributed by atoms with Gasteiger partial charge >= 0.3 is 0 Å². The maximum absolute atomic E-state index is 12.0. The van der Waals surface area contributed by atoms with E-state index in [2.05, 4.69) is 10.5 Å². The van der Waals surface area contributed by atoms with Gasteiger partial charge in [0.2, 0.25) is 0 Å². The molecule has 0 spiro atoms. The Hall–Kier alpha value is -1.47. The van der Waals surface area contributed by atoms with E-state index >= 15 is 0 Å². The molecule has 1 unspecified atom stereocenters. The summed E-state index contributed by atoms with van der Waals surface area (Å²) >= 11 is 0. The fourth-order valence-corrected chi connectivity index (χ4v) is 2.60. The minimum Gasteiger partial charge on any atom is -0.234 e. The number of hydrogen-bond donors (Lipinski definition) is 0. The van der Waals surface area contributed by atoms with Crippen molar-refractivity contribution >= 4 is 16.7 Å². The topological polar surface area (TPSA) is 53.2 Å². The van der Waals surface area contributed by atoms with Gasteiger partial charge in [0, 0.05) is 5.56 Å². The maximum Gasteiger partial charge on any atom is 0.145 e. The van der Waals surface area contributed by atoms with Crippen molar-refractivity contribution in [3.8, 4) is 6.07 Å². The molecular weight excluding hydrogens is 244 g/mol. The van der Waals surface area contributed by atoms with Gasteiger partial charge in [0.25, 0.3) is 0 Å². The minimum atomic E-state index is -1.24. The highest BCUT2D eigenvalue weighted by Crippen LogP contribution is 2.27. The SMILES string of the molecule is CC(C)(C)S(=O)/N=C1\CCc2c(C#N)cccc21. The smallest absolute Gasteiger partial charge is 0.145 e. The Morgan fingerprint density at radius 3 is 2.67 bits per heavy atom. The molecule has 18 heavy (non-hydrogen) atoms. The predicted octanol–water partition coefficient (Wildman–Crippen LogP) is 2.76. The molecule has 3 nitrogen and oxygen atoms in total. The molecule has 1 aliphatic rings. The quantitative estimate of drug-likeness (QED) is 0.779. The zero-order chi connectivity index (χ0) is 13.3. The third-order valence-electron chi connectivity index (χ3n) is 2.94. The number of nitriles is 1. The molecule has 0 aromatic heterocycles. The van der Waals surface area contributed by atoms with Gasteiger partial charge in [-0.05, 0) is 45.2 Å². The van der Waals surface area contributed by atoms with E-state index in [1.54, 1.807) is 0 Å². The molecule has 0 N–H and O–H groups in total. The van der Waals surface area contributed by atoms with E-state index < -0.39 is 11.0 Å². The van der Waals surface area contributed by atoms with E-state index in [1.807, 2.05) is 39.0 Å². The lowest BCUT2D eigenvalue weighted by Gasteiger charge is -2.14. The molecule has 0 heterocycles. The normalized spacial score (nSPS) is 18.4. The highest BCUT2D eigenvalue weighted by molar-refractivity contribution is 7.85. The Balaban J connectivity index is 2.42. The second-order valence-corrected chi connectivity index (χ2v) is 7.25. The van der Waals surface area contributed by atoms with Crippen LogP contribution in [0.4, 0.5) is 0 Å². The summed E-state index contributed by atoms with van der Waals surface area (Å²) in [6.07, 6.45) is 1.59. The van der Waals surface area contributed by atoms with Crippen LogP contribution in [0.5, 0.6) is 0 Å². The first-order chi connectivity index (χ1) is 8.43. The number of hydrogen-bond acceptors (Lipinski definition) is 2. The molecule has 0 bridgehead atoms.